The predicted molar refractivity (Wildman–Crippen MR) is 125 cm³/mol. The SMILES string of the molecule is COc1cccc(C(=O)N(Cc2csc(COc3ccccc3C(C)C)n2)C(C)C)c1. The molecule has 1 amide bonds. The van der Waals surface area contributed by atoms with E-state index in [-0.39, 0.29) is 11.9 Å². The first-order valence-corrected chi connectivity index (χ1v) is 11.4. The summed E-state index contributed by atoms with van der Waals surface area (Å²) >= 11 is 1.56. The molecule has 0 bridgehead atoms. The van der Waals surface area contributed by atoms with Crippen molar-refractivity contribution >= 4 is 17.2 Å². The molecular weight excluding hydrogens is 408 g/mol. The lowest BCUT2D eigenvalue weighted by atomic mass is 10.0. The van der Waals surface area contributed by atoms with E-state index in [1.54, 1.807) is 24.5 Å². The number of carbonyl (C=O) groups is 1. The molecular formula is C25H30N2O3S. The molecule has 3 aromatic rings. The molecule has 0 saturated carbocycles. The highest BCUT2D eigenvalue weighted by molar-refractivity contribution is 7.09. The molecule has 31 heavy (non-hydrogen) atoms. The normalized spacial score (nSPS) is 11.1. The summed E-state index contributed by atoms with van der Waals surface area (Å²) in [4.78, 5) is 19.6. The van der Waals surface area contributed by atoms with Crippen LogP contribution in [0.15, 0.2) is 53.9 Å². The van der Waals surface area contributed by atoms with Crippen molar-refractivity contribution in [3.63, 3.8) is 0 Å². The molecule has 0 aliphatic heterocycles. The van der Waals surface area contributed by atoms with Crippen molar-refractivity contribution in [2.75, 3.05) is 7.11 Å². The minimum Gasteiger partial charge on any atom is -0.497 e. The van der Waals surface area contributed by atoms with Gasteiger partial charge in [0.25, 0.3) is 5.91 Å². The maximum atomic E-state index is 13.1. The molecule has 0 spiro atoms. The molecule has 3 rings (SSSR count). The van der Waals surface area contributed by atoms with Gasteiger partial charge in [0, 0.05) is 17.0 Å². The Labute approximate surface area is 188 Å². The summed E-state index contributed by atoms with van der Waals surface area (Å²) in [5.41, 5.74) is 2.66. The van der Waals surface area contributed by atoms with Gasteiger partial charge in [-0.15, -0.1) is 11.3 Å². The molecule has 6 heteroatoms. The number of methoxy groups -OCH3 is 1. The van der Waals surface area contributed by atoms with Crippen molar-refractivity contribution in [1.82, 2.24) is 9.88 Å². The average Bonchev–Trinajstić information content (AvgIpc) is 3.23. The topological polar surface area (TPSA) is 51.7 Å². The smallest absolute Gasteiger partial charge is 0.254 e. The van der Waals surface area contributed by atoms with Gasteiger partial charge in [0.1, 0.15) is 23.1 Å². The van der Waals surface area contributed by atoms with Crippen LogP contribution in [0.3, 0.4) is 0 Å². The van der Waals surface area contributed by atoms with Crippen LogP contribution in [0.4, 0.5) is 0 Å². The van der Waals surface area contributed by atoms with E-state index in [0.717, 1.165) is 16.5 Å². The Bertz CT molecular complexity index is 1010. The van der Waals surface area contributed by atoms with Crippen LogP contribution in [-0.2, 0) is 13.2 Å². The zero-order valence-corrected chi connectivity index (χ0v) is 19.6. The maximum Gasteiger partial charge on any atom is 0.254 e. The summed E-state index contributed by atoms with van der Waals surface area (Å²) in [6.45, 7) is 9.20. The quantitative estimate of drug-likeness (QED) is 0.417. The Morgan fingerprint density at radius 2 is 1.87 bits per heavy atom. The maximum absolute atomic E-state index is 13.1. The Hall–Kier alpha value is -2.86. The van der Waals surface area contributed by atoms with E-state index in [2.05, 4.69) is 19.9 Å². The zero-order chi connectivity index (χ0) is 22.4. The highest BCUT2D eigenvalue weighted by atomic mass is 32.1. The van der Waals surface area contributed by atoms with Crippen molar-refractivity contribution in [2.45, 2.75) is 52.8 Å². The average molecular weight is 439 g/mol. The molecule has 0 unspecified atom stereocenters. The number of hydrogen-bond donors (Lipinski definition) is 0. The van der Waals surface area contributed by atoms with Gasteiger partial charge in [0.15, 0.2) is 0 Å². The third-order valence-corrected chi connectivity index (χ3v) is 5.90. The van der Waals surface area contributed by atoms with Gasteiger partial charge >= 0.3 is 0 Å². The van der Waals surface area contributed by atoms with E-state index in [4.69, 9.17) is 14.5 Å². The van der Waals surface area contributed by atoms with Crippen molar-refractivity contribution in [2.24, 2.45) is 0 Å². The fraction of sp³-hybridized carbons (Fsp3) is 0.360. The number of hydrogen-bond acceptors (Lipinski definition) is 5. The Morgan fingerprint density at radius 1 is 1.10 bits per heavy atom. The van der Waals surface area contributed by atoms with Crippen LogP contribution in [0, 0.1) is 0 Å². The minimum absolute atomic E-state index is 0.0365. The van der Waals surface area contributed by atoms with Gasteiger partial charge in [-0.25, -0.2) is 4.98 Å². The van der Waals surface area contributed by atoms with E-state index < -0.39 is 0 Å². The standard InChI is InChI=1S/C25H30N2O3S/c1-17(2)22-11-6-7-12-23(22)30-15-24-26-20(16-31-24)14-27(18(3)4)25(28)19-9-8-10-21(13-19)29-5/h6-13,16-18H,14-15H2,1-5H3. The number of ether oxygens (including phenoxy) is 2. The summed E-state index contributed by atoms with van der Waals surface area (Å²) in [6.07, 6.45) is 0. The highest BCUT2D eigenvalue weighted by Crippen LogP contribution is 2.27. The first-order chi connectivity index (χ1) is 14.9. The fourth-order valence-corrected chi connectivity index (χ4v) is 4.00. The van der Waals surface area contributed by atoms with Gasteiger partial charge in [0.2, 0.25) is 0 Å². The van der Waals surface area contributed by atoms with Crippen LogP contribution in [0.2, 0.25) is 0 Å². The van der Waals surface area contributed by atoms with Gasteiger partial charge in [-0.05, 0) is 49.6 Å². The van der Waals surface area contributed by atoms with Crippen LogP contribution >= 0.6 is 11.3 Å². The van der Waals surface area contributed by atoms with Gasteiger partial charge in [-0.1, -0.05) is 38.1 Å². The van der Waals surface area contributed by atoms with Gasteiger partial charge in [0.05, 0.1) is 19.3 Å². The summed E-state index contributed by atoms with van der Waals surface area (Å²) in [6, 6.07) is 15.4. The van der Waals surface area contributed by atoms with Gasteiger partial charge in [-0.3, -0.25) is 4.79 Å². The lowest BCUT2D eigenvalue weighted by molar-refractivity contribution is 0.0687. The predicted octanol–water partition coefficient (Wildman–Crippen LogP) is 5.90. The lowest BCUT2D eigenvalue weighted by Gasteiger charge is -2.26. The van der Waals surface area contributed by atoms with E-state index in [1.807, 2.05) is 60.5 Å². The molecule has 0 fully saturated rings. The van der Waals surface area contributed by atoms with E-state index in [0.29, 0.717) is 30.4 Å². The first kappa shape index (κ1) is 22.8. The largest absolute Gasteiger partial charge is 0.497 e. The Balaban J connectivity index is 1.68. The molecule has 2 aromatic carbocycles. The summed E-state index contributed by atoms with van der Waals surface area (Å²) in [7, 11) is 1.60. The van der Waals surface area contributed by atoms with Crippen molar-refractivity contribution < 1.29 is 14.3 Å². The molecule has 5 nitrogen and oxygen atoms in total. The van der Waals surface area contributed by atoms with Crippen LogP contribution in [0.25, 0.3) is 0 Å². The second-order valence-corrected chi connectivity index (χ2v) is 8.92. The summed E-state index contributed by atoms with van der Waals surface area (Å²) < 4.78 is 11.3. The molecule has 0 aliphatic rings. The minimum atomic E-state index is -0.0365. The van der Waals surface area contributed by atoms with Crippen LogP contribution in [-0.4, -0.2) is 28.9 Å². The molecule has 1 heterocycles. The molecule has 0 aliphatic carbocycles. The zero-order valence-electron chi connectivity index (χ0n) is 18.8. The van der Waals surface area contributed by atoms with E-state index in [9.17, 15) is 4.79 Å². The fourth-order valence-electron chi connectivity index (χ4n) is 3.30. The lowest BCUT2D eigenvalue weighted by Crippen LogP contribution is -2.36. The third kappa shape index (κ3) is 5.85. The molecule has 0 atom stereocenters. The Kier molecular flexibility index (Phi) is 7.69. The molecule has 0 saturated heterocycles. The number of aromatic nitrogens is 1. The number of rotatable bonds is 9. The van der Waals surface area contributed by atoms with Gasteiger partial charge in [-0.2, -0.15) is 0 Å². The van der Waals surface area contributed by atoms with Crippen LogP contribution in [0.1, 0.15) is 60.2 Å². The number of para-hydroxylation sites is 1. The molecule has 0 radical (unpaired) electrons. The monoisotopic (exact) mass is 438 g/mol. The highest BCUT2D eigenvalue weighted by Gasteiger charge is 2.21. The summed E-state index contributed by atoms with van der Waals surface area (Å²) in [5.74, 6) is 1.92. The first-order valence-electron chi connectivity index (χ1n) is 10.5. The van der Waals surface area contributed by atoms with Crippen molar-refractivity contribution in [3.8, 4) is 11.5 Å². The number of carbonyl (C=O) groups excluding carboxylic acids is 1. The van der Waals surface area contributed by atoms with Crippen molar-refractivity contribution in [3.05, 3.63) is 75.7 Å². The van der Waals surface area contributed by atoms with E-state index >= 15 is 0 Å². The van der Waals surface area contributed by atoms with Crippen LogP contribution < -0.4 is 9.47 Å². The number of nitrogens with zero attached hydrogens (tertiary/aromatic N) is 2. The molecule has 1 aromatic heterocycles. The summed E-state index contributed by atoms with van der Waals surface area (Å²) in [5, 5.41) is 2.90. The molecule has 164 valence electrons. The Morgan fingerprint density at radius 3 is 2.58 bits per heavy atom. The molecule has 0 N–H and O–H groups in total. The second kappa shape index (κ2) is 10.4. The second-order valence-electron chi connectivity index (χ2n) is 7.97. The van der Waals surface area contributed by atoms with E-state index in [1.165, 1.54) is 5.56 Å². The van der Waals surface area contributed by atoms with Gasteiger partial charge < -0.3 is 14.4 Å². The van der Waals surface area contributed by atoms with Crippen LogP contribution in [0.5, 0.6) is 11.5 Å². The third-order valence-electron chi connectivity index (χ3n) is 5.02. The number of amides is 1. The number of thiazole rings is 1. The number of benzene rings is 2. The van der Waals surface area contributed by atoms with Crippen molar-refractivity contribution in [1.29, 1.82) is 0 Å².